The van der Waals surface area contributed by atoms with Gasteiger partial charge in [0.1, 0.15) is 11.6 Å². The number of benzene rings is 1. The number of hydrogen-bond donors (Lipinski definition) is 4. The number of aromatic nitrogens is 2. The smallest absolute Gasteiger partial charge is 0.310 e. The van der Waals surface area contributed by atoms with Gasteiger partial charge >= 0.3 is 5.97 Å². The van der Waals surface area contributed by atoms with Gasteiger partial charge in [-0.1, -0.05) is 6.07 Å². The number of aliphatic carboxylic acids is 1. The van der Waals surface area contributed by atoms with Gasteiger partial charge in [0.2, 0.25) is 0 Å². The number of fused-ring (bicyclic) bond motifs is 1. The molecule has 1 aliphatic rings. The Hall–Kier alpha value is -3.39. The molecule has 7 nitrogen and oxygen atoms in total. The summed E-state index contributed by atoms with van der Waals surface area (Å²) in [4.78, 5) is 31.9. The van der Waals surface area contributed by atoms with Crippen molar-refractivity contribution in [2.45, 2.75) is 19.8 Å². The van der Waals surface area contributed by atoms with Gasteiger partial charge in [0.25, 0.3) is 0 Å². The predicted molar refractivity (Wildman–Crippen MR) is 114 cm³/mol. The minimum atomic E-state index is -1.19. The number of nitrogens with one attached hydrogen (secondary N) is 2. The lowest BCUT2D eigenvalue weighted by atomic mass is 9.74. The maximum absolute atomic E-state index is 13.7. The molecule has 0 fully saturated rings. The Morgan fingerprint density at radius 1 is 1.30 bits per heavy atom. The standard InChI is InChI=1S/C21H19FN4O3.ClH/c1-21(20(28)29)9-14-17(15(27)10-21)19(25-13-4-2-3-12(22)8-13)18(26-14)11-5-6-24-16(23)7-11;/h2-8,25-26H,9-10H2,1H3,(H2,23,24)(H,28,29);1H/t21-;/m0./s1. The summed E-state index contributed by atoms with van der Waals surface area (Å²) in [5, 5.41) is 12.7. The summed E-state index contributed by atoms with van der Waals surface area (Å²) in [6.45, 7) is 1.56. The second kappa shape index (κ2) is 7.79. The van der Waals surface area contributed by atoms with E-state index in [9.17, 15) is 19.1 Å². The van der Waals surface area contributed by atoms with Crippen LogP contribution in [0.5, 0.6) is 0 Å². The molecular weight excluding hydrogens is 411 g/mol. The molecule has 2 aromatic heterocycles. The van der Waals surface area contributed by atoms with Gasteiger partial charge in [0.15, 0.2) is 5.78 Å². The largest absolute Gasteiger partial charge is 0.481 e. The highest BCUT2D eigenvalue weighted by Gasteiger charge is 2.43. The maximum atomic E-state index is 13.7. The number of pyridine rings is 1. The van der Waals surface area contributed by atoms with Crippen molar-refractivity contribution in [3.05, 3.63) is 59.7 Å². The molecule has 0 amide bonds. The van der Waals surface area contributed by atoms with Crippen LogP contribution in [0.2, 0.25) is 0 Å². The Morgan fingerprint density at radius 2 is 2.07 bits per heavy atom. The third kappa shape index (κ3) is 3.73. The van der Waals surface area contributed by atoms with Crippen molar-refractivity contribution in [2.24, 2.45) is 5.41 Å². The van der Waals surface area contributed by atoms with Gasteiger partial charge in [-0.15, -0.1) is 12.4 Å². The minimum absolute atomic E-state index is 0. The Kier molecular flexibility index (Phi) is 5.54. The second-order valence-electron chi connectivity index (χ2n) is 7.48. The maximum Gasteiger partial charge on any atom is 0.310 e. The zero-order valence-electron chi connectivity index (χ0n) is 16.0. The number of nitrogen functional groups attached to an aromatic ring is 1. The fourth-order valence-electron chi connectivity index (χ4n) is 3.69. The topological polar surface area (TPSA) is 121 Å². The summed E-state index contributed by atoms with van der Waals surface area (Å²) in [7, 11) is 0. The third-order valence-corrected chi connectivity index (χ3v) is 5.15. The Balaban J connectivity index is 0.00000256. The number of nitrogens with zero attached hydrogens (tertiary/aromatic N) is 1. The molecule has 1 aromatic carbocycles. The van der Waals surface area contributed by atoms with Crippen LogP contribution in [0, 0.1) is 11.2 Å². The lowest BCUT2D eigenvalue weighted by Gasteiger charge is -2.28. The van der Waals surface area contributed by atoms with Gasteiger partial charge in [-0.3, -0.25) is 9.59 Å². The van der Waals surface area contributed by atoms with Crippen molar-refractivity contribution in [3.8, 4) is 11.3 Å². The van der Waals surface area contributed by atoms with E-state index in [1.807, 2.05) is 0 Å². The molecule has 0 saturated carbocycles. The summed E-state index contributed by atoms with van der Waals surface area (Å²) in [5.74, 6) is -1.44. The molecule has 9 heteroatoms. The van der Waals surface area contributed by atoms with E-state index in [0.717, 1.165) is 0 Å². The first-order valence-electron chi connectivity index (χ1n) is 9.03. The van der Waals surface area contributed by atoms with Crippen LogP contribution in [0.1, 0.15) is 29.4 Å². The first kappa shape index (κ1) is 21.3. The first-order valence-corrected chi connectivity index (χ1v) is 9.03. The van der Waals surface area contributed by atoms with Crippen LogP contribution in [-0.2, 0) is 11.2 Å². The monoisotopic (exact) mass is 430 g/mol. The number of aromatic amines is 1. The van der Waals surface area contributed by atoms with E-state index in [-0.39, 0.29) is 31.0 Å². The number of hydrogen-bond acceptors (Lipinski definition) is 5. The highest BCUT2D eigenvalue weighted by atomic mass is 35.5. The van der Waals surface area contributed by atoms with Crippen LogP contribution in [0.25, 0.3) is 11.3 Å². The van der Waals surface area contributed by atoms with Crippen LogP contribution < -0.4 is 11.1 Å². The summed E-state index contributed by atoms with van der Waals surface area (Å²) in [6, 6.07) is 9.26. The van der Waals surface area contributed by atoms with E-state index in [1.165, 1.54) is 12.1 Å². The zero-order chi connectivity index (χ0) is 20.8. The van der Waals surface area contributed by atoms with Gasteiger partial charge in [-0.25, -0.2) is 9.37 Å². The van der Waals surface area contributed by atoms with Crippen molar-refractivity contribution < 1.29 is 19.1 Å². The number of ketones is 1. The van der Waals surface area contributed by atoms with Gasteiger partial charge in [0, 0.05) is 36.0 Å². The molecular formula is C21H20ClFN4O3. The number of carboxylic acids is 1. The third-order valence-electron chi connectivity index (χ3n) is 5.15. The van der Waals surface area contributed by atoms with Gasteiger partial charge in [-0.2, -0.15) is 0 Å². The van der Waals surface area contributed by atoms with E-state index in [0.29, 0.717) is 39.7 Å². The van der Waals surface area contributed by atoms with Crippen molar-refractivity contribution in [1.82, 2.24) is 9.97 Å². The molecule has 0 radical (unpaired) electrons. The van der Waals surface area contributed by atoms with Crippen molar-refractivity contribution >= 4 is 41.4 Å². The van der Waals surface area contributed by atoms with E-state index < -0.39 is 17.2 Å². The van der Waals surface area contributed by atoms with Crippen LogP contribution in [0.3, 0.4) is 0 Å². The molecule has 0 aliphatic heterocycles. The number of H-pyrrole nitrogens is 1. The minimum Gasteiger partial charge on any atom is -0.481 e. The van der Waals surface area contributed by atoms with Crippen LogP contribution in [0.15, 0.2) is 42.6 Å². The number of Topliss-reactive ketones (excluding diaryl/α,β-unsaturated/α-hetero) is 1. The summed E-state index contributed by atoms with van der Waals surface area (Å²) < 4.78 is 13.7. The molecule has 1 atom stereocenters. The van der Waals surface area contributed by atoms with Gasteiger partial charge in [-0.05, 0) is 37.3 Å². The Morgan fingerprint density at radius 3 is 2.73 bits per heavy atom. The van der Waals surface area contributed by atoms with E-state index in [4.69, 9.17) is 5.73 Å². The molecule has 0 spiro atoms. The Labute approximate surface area is 177 Å². The number of anilines is 3. The number of rotatable bonds is 4. The lowest BCUT2D eigenvalue weighted by Crippen LogP contribution is -2.36. The molecule has 3 aromatic rings. The molecule has 1 aliphatic carbocycles. The van der Waals surface area contributed by atoms with E-state index in [2.05, 4.69) is 15.3 Å². The van der Waals surface area contributed by atoms with Crippen LogP contribution in [0.4, 0.5) is 21.6 Å². The van der Waals surface area contributed by atoms with E-state index in [1.54, 1.807) is 37.4 Å². The quantitative estimate of drug-likeness (QED) is 0.492. The van der Waals surface area contributed by atoms with Crippen LogP contribution in [-0.4, -0.2) is 26.8 Å². The summed E-state index contributed by atoms with van der Waals surface area (Å²) in [6.07, 6.45) is 1.59. The van der Waals surface area contributed by atoms with Crippen LogP contribution >= 0.6 is 12.4 Å². The summed E-state index contributed by atoms with van der Waals surface area (Å²) in [5.41, 5.74) is 7.70. The number of carbonyl (C=O) groups is 2. The average Bonchev–Trinajstić information content (AvgIpc) is 3.00. The zero-order valence-corrected chi connectivity index (χ0v) is 16.8. The van der Waals surface area contributed by atoms with Gasteiger partial charge in [0.05, 0.1) is 22.4 Å². The van der Waals surface area contributed by atoms with Crippen molar-refractivity contribution in [3.63, 3.8) is 0 Å². The lowest BCUT2D eigenvalue weighted by molar-refractivity contribution is -0.148. The van der Waals surface area contributed by atoms with E-state index >= 15 is 0 Å². The molecule has 0 unspecified atom stereocenters. The normalized spacial score (nSPS) is 17.7. The SMILES string of the molecule is C[C@@]1(C(=O)O)CC(=O)c2c([nH]c(-c3ccnc(N)c3)c2Nc2cccc(F)c2)C1.Cl. The number of nitrogens with two attached hydrogens (primary N) is 1. The molecule has 5 N–H and O–H groups in total. The molecule has 156 valence electrons. The highest BCUT2D eigenvalue weighted by molar-refractivity contribution is 6.09. The number of halogens is 2. The fourth-order valence-corrected chi connectivity index (χ4v) is 3.69. The molecule has 0 saturated heterocycles. The molecule has 4 rings (SSSR count). The summed E-state index contributed by atoms with van der Waals surface area (Å²) >= 11 is 0. The fraction of sp³-hybridized carbons (Fsp3) is 0.190. The predicted octanol–water partition coefficient (Wildman–Crippen LogP) is 4.18. The number of carbonyl (C=O) groups excluding carboxylic acids is 1. The van der Waals surface area contributed by atoms with Crippen molar-refractivity contribution in [2.75, 3.05) is 11.1 Å². The first-order chi connectivity index (χ1) is 13.8. The number of carboxylic acid groups (broad SMARTS) is 1. The molecule has 2 heterocycles. The second-order valence-corrected chi connectivity index (χ2v) is 7.48. The molecule has 0 bridgehead atoms. The Bertz CT molecular complexity index is 1150. The highest BCUT2D eigenvalue weighted by Crippen LogP contribution is 2.43. The molecule has 30 heavy (non-hydrogen) atoms. The average molecular weight is 431 g/mol. The van der Waals surface area contributed by atoms with Crippen molar-refractivity contribution in [1.29, 1.82) is 0 Å². The van der Waals surface area contributed by atoms with Gasteiger partial charge < -0.3 is 21.1 Å².